The number of fused-ring (bicyclic) bond motifs is 2. The summed E-state index contributed by atoms with van der Waals surface area (Å²) in [5.41, 5.74) is 3.88. The van der Waals surface area contributed by atoms with Gasteiger partial charge in [-0.05, 0) is 164 Å². The Balaban J connectivity index is 0.000000256. The number of aliphatic hydroxyl groups is 1. The molecular formula is C39H69Cl2N6O5P29. The Kier molecular flexibility index (Phi) is 40.1. The molecule has 18 unspecified atom stereocenters. The van der Waals surface area contributed by atoms with Gasteiger partial charge in [0.1, 0.15) is 11.4 Å². The Labute approximate surface area is 539 Å². The van der Waals surface area contributed by atoms with Crippen LogP contribution < -0.4 is 29.9 Å². The maximum atomic E-state index is 12.9. The molecule has 0 radical (unpaired) electrons. The van der Waals surface area contributed by atoms with Gasteiger partial charge in [0.25, 0.3) is 5.56 Å². The van der Waals surface area contributed by atoms with Crippen LogP contribution in [-0.4, -0.2) is 67.5 Å². The average Bonchev–Trinajstić information content (AvgIpc) is 4.18. The number of carbonyl (C=O) groups excluding carboxylic acids is 2. The second-order valence-electron chi connectivity index (χ2n) is 15.8. The third-order valence-corrected chi connectivity index (χ3v) is 202. The van der Waals surface area contributed by atoms with Crippen molar-refractivity contribution in [1.82, 2.24) is 9.97 Å². The molecule has 2 aliphatic rings. The van der Waals surface area contributed by atoms with Crippen molar-refractivity contribution in [3.63, 3.8) is 0 Å². The van der Waals surface area contributed by atoms with Gasteiger partial charge in [-0.3, -0.25) is 24.4 Å². The van der Waals surface area contributed by atoms with Crippen molar-refractivity contribution in [2.24, 2.45) is 0 Å². The standard InChI is InChI=1S/C19H16ClN3O2.C18H14ClN3O2.CH4O.CH4.H31P29/c1-25-18-17(12-13-11-14(20)7-8-16(13)21-18)23-10-9-22(19(23)24)15-5-3-2-4-6-15;19-13-6-7-15-12(10-13)11-16(17(23)20-15)22-9-8-21(18(22)24)14-4-2-1-3-5-14;1-2;;1-16-24(17(2)3)28(25(18(4)5)19(6)7)29(26(20(8)9)21(10)11)27(22(12)13)23(14)15/h2-8,11-12H,9-10H2,1H3;1-7,10-11H,8-9H2,(H,20,23);2H,1H3;1H4;16H,1-15H2. The molecule has 42 heteroatoms. The van der Waals surface area contributed by atoms with Crippen LogP contribution in [0.25, 0.3) is 21.8 Å². The molecule has 4 aromatic carbocycles. The van der Waals surface area contributed by atoms with E-state index in [1.165, 1.54) is 4.90 Å². The monoisotopic (exact) mass is 1670 g/mol. The normalized spacial score (nSPS) is 14.7. The average molecular weight is 1670 g/mol. The van der Waals surface area contributed by atoms with Crippen molar-refractivity contribution in [2.75, 3.05) is 60.0 Å². The maximum Gasteiger partial charge on any atom is 0.329 e. The molecule has 4 amide bonds. The van der Waals surface area contributed by atoms with Gasteiger partial charge in [0.15, 0.2) is 0 Å². The zero-order valence-electron chi connectivity index (χ0n) is 42.8. The molecule has 18 atom stereocenters. The minimum absolute atomic E-state index is 0. The summed E-state index contributed by atoms with van der Waals surface area (Å²) in [6.07, 6.45) is 0. The minimum atomic E-state index is -0.284. The molecule has 0 spiro atoms. The van der Waals surface area contributed by atoms with Gasteiger partial charge in [0.2, 0.25) is 5.88 Å². The van der Waals surface area contributed by atoms with Gasteiger partial charge >= 0.3 is 12.1 Å². The first-order valence-electron chi connectivity index (χ1n) is 22.5. The number of nitrogens with zero attached hydrogens (tertiary/aromatic N) is 5. The number of hydrogen-bond acceptors (Lipinski definition) is 6. The lowest BCUT2D eigenvalue weighted by molar-refractivity contribution is 0.255. The second-order valence-corrected chi connectivity index (χ2v) is 132. The summed E-state index contributed by atoms with van der Waals surface area (Å²) < 4.78 is 5.43. The Morgan fingerprint density at radius 1 is 0.519 bits per heavy atom. The second kappa shape index (κ2) is 40.4. The van der Waals surface area contributed by atoms with Crippen LogP contribution in [0.1, 0.15) is 7.43 Å². The molecule has 0 saturated carbocycles. The number of para-hydroxylation sites is 2. The fourth-order valence-corrected chi connectivity index (χ4v) is 386. The lowest BCUT2D eigenvalue weighted by Gasteiger charge is -2.51. The molecule has 0 bridgehead atoms. The summed E-state index contributed by atoms with van der Waals surface area (Å²) in [6.45, 7) is 2.35. The first-order valence-corrected chi connectivity index (χ1v) is 75.5. The Morgan fingerprint density at radius 2 is 0.914 bits per heavy atom. The van der Waals surface area contributed by atoms with Crippen LogP contribution in [0.3, 0.4) is 0 Å². The predicted octanol–water partition coefficient (Wildman–Crippen LogP) is 24.9. The number of hydrogen-bond donors (Lipinski definition) is 2. The SMILES string of the molecule is C.CO.COc1nc2ccc(Cl)cc2cc1N1CCN(c2ccccc2)C1=O.O=C1N(c2ccccc2)CCN1c1cc2cc(Cl)ccc2[nH]c1=O.PPP(P(P)P)P(P(P(P)P)P(P)P)P(P(P(P)P)P(P)P)P(P(P)P)P(P)P. The Hall–Kier alpha value is 6.85. The summed E-state index contributed by atoms with van der Waals surface area (Å²) in [4.78, 5) is 52.0. The number of halogens is 2. The number of methoxy groups -OCH3 is 1. The molecule has 2 aromatic heterocycles. The summed E-state index contributed by atoms with van der Waals surface area (Å²) in [7, 11) is 52.7. The number of amides is 4. The van der Waals surface area contributed by atoms with E-state index >= 15 is 0 Å². The van der Waals surface area contributed by atoms with Gasteiger partial charge in [-0.2, -0.15) is 0 Å². The number of aromatic nitrogens is 2. The lowest BCUT2D eigenvalue weighted by Crippen LogP contribution is -2.34. The molecule has 2 N–H and O–H groups in total. The Morgan fingerprint density at radius 3 is 1.33 bits per heavy atom. The summed E-state index contributed by atoms with van der Waals surface area (Å²) >= 11 is 12.1. The van der Waals surface area contributed by atoms with E-state index in [1.54, 1.807) is 52.1 Å². The van der Waals surface area contributed by atoms with Crippen molar-refractivity contribution in [3.8, 4) is 5.88 Å². The number of pyridine rings is 2. The molecule has 2 aliphatic heterocycles. The molecule has 444 valence electrons. The number of aromatic amines is 1. The molecule has 2 saturated heterocycles. The van der Waals surface area contributed by atoms with Crippen molar-refractivity contribution < 1.29 is 19.4 Å². The molecule has 11 nitrogen and oxygen atoms in total. The highest BCUT2D eigenvalue weighted by atomic mass is 35.5. The van der Waals surface area contributed by atoms with Crippen molar-refractivity contribution in [2.45, 2.75) is 7.43 Å². The van der Waals surface area contributed by atoms with Gasteiger partial charge < -0.3 is 14.8 Å². The van der Waals surface area contributed by atoms with E-state index in [4.69, 9.17) is 33.0 Å². The number of urea groups is 2. The number of anilines is 4. The highest BCUT2D eigenvalue weighted by Gasteiger charge is 2.50. The number of ether oxygens (including phenoxy) is 1. The molecule has 4 heterocycles. The predicted molar refractivity (Wildman–Crippen MR) is 455 cm³/mol. The van der Waals surface area contributed by atoms with Gasteiger partial charge in [0, 0.05) is 71.0 Å². The number of rotatable bonds is 18. The van der Waals surface area contributed by atoms with Gasteiger partial charge in [-0.15, -0.1) is 134 Å². The van der Waals surface area contributed by atoms with Crippen molar-refractivity contribution in [3.05, 3.63) is 130 Å². The third kappa shape index (κ3) is 22.5. The lowest BCUT2D eigenvalue weighted by atomic mass is 10.2. The fraction of sp³-hybridized carbons (Fsp3) is 0.179. The van der Waals surface area contributed by atoms with Crippen LogP contribution in [0.2, 0.25) is 10.0 Å². The van der Waals surface area contributed by atoms with Crippen molar-refractivity contribution in [1.29, 1.82) is 0 Å². The highest BCUT2D eigenvalue weighted by molar-refractivity contribution is 9.43. The fourth-order valence-electron chi connectivity index (χ4n) is 7.61. The molecule has 0 aliphatic carbocycles. The summed E-state index contributed by atoms with van der Waals surface area (Å²) in [5.74, 6) is 0.429. The first-order chi connectivity index (χ1) is 38.0. The first kappa shape index (κ1) is 80.3. The Bertz CT molecular complexity index is 2990. The van der Waals surface area contributed by atoms with E-state index in [1.807, 2.05) is 78.9 Å². The van der Waals surface area contributed by atoms with E-state index in [0.717, 1.165) is 42.7 Å². The van der Waals surface area contributed by atoms with Gasteiger partial charge in [0.05, 0.1) is 12.6 Å². The van der Waals surface area contributed by atoms with E-state index < -0.39 is 0 Å². The summed E-state index contributed by atoms with van der Waals surface area (Å²) in [6, 6.07) is 33.1. The van der Waals surface area contributed by atoms with E-state index in [9.17, 15) is 14.4 Å². The molecule has 6 aromatic rings. The molecule has 8 rings (SSSR count). The smallest absolute Gasteiger partial charge is 0.329 e. The van der Waals surface area contributed by atoms with Crippen LogP contribution >= 0.6 is 256 Å². The van der Waals surface area contributed by atoms with Crippen LogP contribution in [0.4, 0.5) is 32.3 Å². The number of benzene rings is 4. The number of carbonyl (C=O) groups is 2. The molecule has 2 fully saturated rings. The number of H-pyrrole nitrogens is 1. The number of nitrogens with one attached hydrogen (secondary N) is 1. The zero-order chi connectivity index (χ0) is 59.3. The zero-order valence-corrected chi connectivity index (χ0v) is 74.2. The van der Waals surface area contributed by atoms with E-state index in [2.05, 4.69) is 144 Å². The van der Waals surface area contributed by atoms with Crippen LogP contribution in [-0.2, 0) is 0 Å². The molecular weight excluding hydrogens is 1600 g/mol. The quantitative estimate of drug-likeness (QED) is 0.0827. The van der Waals surface area contributed by atoms with Crippen LogP contribution in [0, 0.1) is 0 Å². The van der Waals surface area contributed by atoms with Gasteiger partial charge in [-0.25, -0.2) is 14.6 Å². The van der Waals surface area contributed by atoms with Crippen LogP contribution in [0.5, 0.6) is 5.88 Å². The largest absolute Gasteiger partial charge is 0.479 e. The molecule has 81 heavy (non-hydrogen) atoms. The highest BCUT2D eigenvalue weighted by Crippen LogP contribution is 3.37. The van der Waals surface area contributed by atoms with Crippen molar-refractivity contribution >= 4 is 313 Å². The third-order valence-electron chi connectivity index (χ3n) is 10.8. The topological polar surface area (TPSA) is 122 Å². The maximum absolute atomic E-state index is 12.9. The number of aliphatic hydroxyl groups excluding tert-OH is 1. The van der Waals surface area contributed by atoms with E-state index in [0.29, 0.717) is 59.0 Å². The van der Waals surface area contributed by atoms with Crippen LogP contribution in [0.15, 0.2) is 114 Å². The van der Waals surface area contributed by atoms with E-state index in [-0.39, 0.29) is 116 Å². The summed E-state index contributed by atoms with van der Waals surface area (Å²) in [5, 5.41) is 9.88. The minimum Gasteiger partial charge on any atom is -0.479 e. The van der Waals surface area contributed by atoms with Gasteiger partial charge in [-0.1, -0.05) is 75.0 Å².